The summed E-state index contributed by atoms with van der Waals surface area (Å²) in [7, 11) is 1.40. The minimum Gasteiger partial charge on any atom is -0.493 e. The molecule has 0 atom stereocenters. The number of nitrogens with one attached hydrogen (secondary N) is 1. The maximum atomic E-state index is 13.1. The molecule has 2 aromatic rings. The van der Waals surface area contributed by atoms with Crippen LogP contribution in [0.15, 0.2) is 12.1 Å². The number of aryl methyl sites for hydroxylation is 2. The third-order valence-electron chi connectivity index (χ3n) is 3.41. The van der Waals surface area contributed by atoms with Crippen molar-refractivity contribution in [3.63, 3.8) is 0 Å². The Morgan fingerprint density at radius 2 is 1.92 bits per heavy atom. The maximum Gasteiger partial charge on any atom is 0.418 e. The molecule has 0 radical (unpaired) electrons. The van der Waals surface area contributed by atoms with E-state index in [1.807, 2.05) is 5.32 Å². The van der Waals surface area contributed by atoms with Gasteiger partial charge in [0.15, 0.2) is 0 Å². The third-order valence-corrected chi connectivity index (χ3v) is 3.80. The zero-order chi connectivity index (χ0) is 19.1. The highest BCUT2D eigenvalue weighted by Gasteiger charge is 2.36. The topological polar surface area (TPSA) is 84.2 Å². The van der Waals surface area contributed by atoms with Crippen molar-refractivity contribution in [3.8, 4) is 5.88 Å². The minimum atomic E-state index is -4.78. The lowest BCUT2D eigenvalue weighted by Crippen LogP contribution is -2.16. The molecule has 0 saturated carbocycles. The minimum absolute atomic E-state index is 0.182. The summed E-state index contributed by atoms with van der Waals surface area (Å²) >= 11 is 5.98. The molecule has 0 aliphatic rings. The van der Waals surface area contributed by atoms with Gasteiger partial charge in [-0.2, -0.15) is 18.3 Å². The van der Waals surface area contributed by atoms with Gasteiger partial charge in [0.2, 0.25) is 17.6 Å². The van der Waals surface area contributed by atoms with Gasteiger partial charge >= 0.3 is 6.18 Å². The Bertz CT molecular complexity index is 875. The number of carbonyl (C=O) groups excluding carboxylic acids is 2. The molecule has 2 N–H and O–H groups in total. The van der Waals surface area contributed by atoms with Crippen LogP contribution in [0.2, 0.25) is 5.02 Å². The fourth-order valence-corrected chi connectivity index (χ4v) is 2.63. The van der Waals surface area contributed by atoms with Crippen molar-refractivity contribution in [1.82, 2.24) is 9.78 Å². The number of alkyl halides is 3. The molecule has 0 unspecified atom stereocenters. The monoisotopic (exact) mass is 375 g/mol. The Kier molecular flexibility index (Phi) is 4.81. The molecule has 6 nitrogen and oxygen atoms in total. The van der Waals surface area contributed by atoms with Gasteiger partial charge < -0.3 is 10.4 Å². The van der Waals surface area contributed by atoms with E-state index in [0.717, 1.165) is 17.7 Å². The zero-order valence-corrected chi connectivity index (χ0v) is 14.1. The van der Waals surface area contributed by atoms with Gasteiger partial charge in [0.05, 0.1) is 22.0 Å². The molecule has 1 aromatic heterocycles. The van der Waals surface area contributed by atoms with E-state index in [9.17, 15) is 27.9 Å². The molecule has 1 aromatic carbocycles. The number of hydrogen-bond donors (Lipinski definition) is 2. The number of carbonyl (C=O) groups is 2. The fraction of sp³-hybridized carbons (Fsp3) is 0.267. The van der Waals surface area contributed by atoms with Crippen LogP contribution in [0, 0.1) is 6.92 Å². The van der Waals surface area contributed by atoms with E-state index in [4.69, 9.17) is 11.6 Å². The smallest absolute Gasteiger partial charge is 0.418 e. The van der Waals surface area contributed by atoms with Crippen LogP contribution in [0.5, 0.6) is 5.88 Å². The molecule has 2 rings (SSSR count). The lowest BCUT2D eigenvalue weighted by atomic mass is 10.00. The van der Waals surface area contributed by atoms with Gasteiger partial charge in [-0.25, -0.2) is 4.68 Å². The van der Waals surface area contributed by atoms with Crippen molar-refractivity contribution in [2.24, 2.45) is 7.05 Å². The van der Waals surface area contributed by atoms with Gasteiger partial charge in [-0.05, 0) is 19.1 Å². The van der Waals surface area contributed by atoms with Gasteiger partial charge in [0.25, 0.3) is 0 Å². The van der Waals surface area contributed by atoms with Crippen LogP contribution in [0.25, 0.3) is 0 Å². The normalized spacial score (nSPS) is 11.5. The molecule has 25 heavy (non-hydrogen) atoms. The first-order chi connectivity index (χ1) is 11.4. The second-order valence-corrected chi connectivity index (χ2v) is 5.64. The molecule has 0 bridgehead atoms. The highest BCUT2D eigenvalue weighted by molar-refractivity contribution is 6.38. The molecule has 1 heterocycles. The van der Waals surface area contributed by atoms with Gasteiger partial charge in [0.1, 0.15) is 5.56 Å². The first-order valence-corrected chi connectivity index (χ1v) is 7.27. The Balaban J connectivity index is 2.67. The number of ketones is 1. The lowest BCUT2D eigenvalue weighted by Gasteiger charge is -2.16. The van der Waals surface area contributed by atoms with Gasteiger partial charge in [0, 0.05) is 19.5 Å². The number of benzene rings is 1. The SMILES string of the molecule is CC(=O)Nc1c(C(F)(F)F)ccc(C(=O)c2c(C)nn(C)c2O)c1Cl. The second-order valence-electron chi connectivity index (χ2n) is 5.27. The van der Waals surface area contributed by atoms with Gasteiger partial charge in [-0.15, -0.1) is 0 Å². The molecule has 0 spiro atoms. The number of aromatic nitrogens is 2. The van der Waals surface area contributed by atoms with E-state index in [1.165, 1.54) is 14.0 Å². The quantitative estimate of drug-likeness (QED) is 0.806. The molecule has 134 valence electrons. The summed E-state index contributed by atoms with van der Waals surface area (Å²) in [6.07, 6.45) is -4.78. The Morgan fingerprint density at radius 1 is 1.32 bits per heavy atom. The molecule has 0 aliphatic heterocycles. The number of rotatable bonds is 3. The van der Waals surface area contributed by atoms with Crippen molar-refractivity contribution in [2.45, 2.75) is 20.0 Å². The van der Waals surface area contributed by atoms with E-state index < -0.39 is 40.0 Å². The van der Waals surface area contributed by atoms with E-state index in [-0.39, 0.29) is 16.8 Å². The lowest BCUT2D eigenvalue weighted by molar-refractivity contribution is -0.137. The fourth-order valence-electron chi connectivity index (χ4n) is 2.33. The number of anilines is 1. The molecule has 10 heteroatoms. The Morgan fingerprint density at radius 3 is 2.36 bits per heavy atom. The average Bonchev–Trinajstić information content (AvgIpc) is 2.72. The summed E-state index contributed by atoms with van der Waals surface area (Å²) in [5.74, 6) is -2.04. The zero-order valence-electron chi connectivity index (χ0n) is 13.3. The van der Waals surface area contributed by atoms with Crippen molar-refractivity contribution in [1.29, 1.82) is 0 Å². The van der Waals surface area contributed by atoms with Crippen molar-refractivity contribution in [3.05, 3.63) is 39.5 Å². The van der Waals surface area contributed by atoms with Crippen molar-refractivity contribution < 1.29 is 27.9 Å². The molecular formula is C15H13ClF3N3O3. The summed E-state index contributed by atoms with van der Waals surface area (Å²) in [4.78, 5) is 23.9. The van der Waals surface area contributed by atoms with Crippen LogP contribution in [-0.4, -0.2) is 26.6 Å². The van der Waals surface area contributed by atoms with Gasteiger partial charge in [-0.1, -0.05) is 11.6 Å². The van der Waals surface area contributed by atoms with E-state index in [2.05, 4.69) is 5.10 Å². The highest BCUT2D eigenvalue weighted by Crippen LogP contribution is 2.41. The number of halogens is 4. The Labute approximate surface area is 145 Å². The van der Waals surface area contributed by atoms with Crippen LogP contribution >= 0.6 is 11.6 Å². The summed E-state index contributed by atoms with van der Waals surface area (Å²) < 4.78 is 40.4. The number of amides is 1. The molecule has 0 aliphatic carbocycles. The molecule has 0 fully saturated rings. The van der Waals surface area contributed by atoms with E-state index >= 15 is 0 Å². The summed E-state index contributed by atoms with van der Waals surface area (Å²) in [6, 6.07) is 1.54. The Hall–Kier alpha value is -2.55. The number of aromatic hydroxyl groups is 1. The van der Waals surface area contributed by atoms with Crippen LogP contribution in [0.4, 0.5) is 18.9 Å². The van der Waals surface area contributed by atoms with Crippen LogP contribution in [-0.2, 0) is 18.0 Å². The van der Waals surface area contributed by atoms with Crippen molar-refractivity contribution >= 4 is 29.0 Å². The predicted molar refractivity (Wildman–Crippen MR) is 83.8 cm³/mol. The standard InChI is InChI=1S/C15H13ClF3N3O3/c1-6-10(14(25)22(3)21-6)13(24)8-4-5-9(15(17,18)19)12(11(8)16)20-7(2)23/h4-5,25H,1-3H3,(H,20,23). The molecular weight excluding hydrogens is 363 g/mol. The summed E-state index contributed by atoms with van der Waals surface area (Å²) in [6.45, 7) is 2.47. The van der Waals surface area contributed by atoms with Crippen LogP contribution in [0.3, 0.4) is 0 Å². The average molecular weight is 376 g/mol. The first-order valence-electron chi connectivity index (χ1n) is 6.89. The first kappa shape index (κ1) is 18.8. The predicted octanol–water partition coefficient (Wildman–Crippen LogP) is 3.30. The number of hydrogen-bond acceptors (Lipinski definition) is 4. The molecule has 1 amide bonds. The van der Waals surface area contributed by atoms with E-state index in [1.54, 1.807) is 0 Å². The third kappa shape index (κ3) is 3.46. The largest absolute Gasteiger partial charge is 0.493 e. The highest BCUT2D eigenvalue weighted by atomic mass is 35.5. The van der Waals surface area contributed by atoms with E-state index in [0.29, 0.717) is 6.07 Å². The number of nitrogens with zero attached hydrogens (tertiary/aromatic N) is 2. The second kappa shape index (κ2) is 6.40. The molecule has 0 saturated heterocycles. The maximum absolute atomic E-state index is 13.1. The summed E-state index contributed by atoms with van der Waals surface area (Å²) in [5, 5.41) is 15.2. The summed E-state index contributed by atoms with van der Waals surface area (Å²) in [5.41, 5.74) is -2.20. The van der Waals surface area contributed by atoms with Crippen LogP contribution < -0.4 is 5.32 Å². The van der Waals surface area contributed by atoms with Crippen molar-refractivity contribution in [2.75, 3.05) is 5.32 Å². The van der Waals surface area contributed by atoms with Crippen LogP contribution in [0.1, 0.15) is 34.1 Å². The van der Waals surface area contributed by atoms with Gasteiger partial charge in [-0.3, -0.25) is 9.59 Å².